The highest BCUT2D eigenvalue weighted by Gasteiger charge is 2.55. The number of anilines is 1. The molecule has 0 unspecified atom stereocenters. The standard InChI is InChI=1S/C25H26N6O4/c1-23(2,34)19-10-28-21(11-27-19)31-14-25(35-22(31)33)8-7-20(32)24(3,12-25)13-30-15-29-17-6-5-16(26-4)9-18(17)30/h5-6,9-11,15,34H,7-8,12-14H2,1-3H3/t24-,25-/m0/s1. The summed E-state index contributed by atoms with van der Waals surface area (Å²) < 4.78 is 7.79. The van der Waals surface area contributed by atoms with E-state index in [1.807, 2.05) is 11.5 Å². The van der Waals surface area contributed by atoms with Crippen LogP contribution in [-0.2, 0) is 21.7 Å². The van der Waals surface area contributed by atoms with Crippen LogP contribution in [0.4, 0.5) is 16.3 Å². The normalized spacial score (nSPS) is 24.7. The van der Waals surface area contributed by atoms with Crippen molar-refractivity contribution in [1.82, 2.24) is 19.5 Å². The molecule has 2 fully saturated rings. The first-order valence-electron chi connectivity index (χ1n) is 11.4. The highest BCUT2D eigenvalue weighted by molar-refractivity contribution is 5.91. The number of Topliss-reactive ketones (excluding diaryl/α,β-unsaturated/α-hetero) is 1. The van der Waals surface area contributed by atoms with Crippen molar-refractivity contribution in [1.29, 1.82) is 0 Å². The largest absolute Gasteiger partial charge is 0.441 e. The Morgan fingerprint density at radius 3 is 2.71 bits per heavy atom. The summed E-state index contributed by atoms with van der Waals surface area (Å²) in [5, 5.41) is 10.1. The van der Waals surface area contributed by atoms with E-state index < -0.39 is 22.7 Å². The van der Waals surface area contributed by atoms with Gasteiger partial charge < -0.3 is 14.4 Å². The molecule has 1 saturated heterocycles. The van der Waals surface area contributed by atoms with Crippen molar-refractivity contribution in [3.8, 4) is 0 Å². The zero-order chi connectivity index (χ0) is 25.0. The van der Waals surface area contributed by atoms with Crippen LogP contribution in [0.15, 0.2) is 36.9 Å². The Kier molecular flexibility index (Phi) is 5.14. The molecular formula is C25H26N6O4. The van der Waals surface area contributed by atoms with Gasteiger partial charge >= 0.3 is 6.09 Å². The van der Waals surface area contributed by atoms with Crippen LogP contribution in [0.25, 0.3) is 15.9 Å². The van der Waals surface area contributed by atoms with Crippen LogP contribution in [0.3, 0.4) is 0 Å². The molecule has 1 saturated carbocycles. The average molecular weight is 475 g/mol. The summed E-state index contributed by atoms with van der Waals surface area (Å²) in [4.78, 5) is 43.9. The second kappa shape index (κ2) is 7.85. The summed E-state index contributed by atoms with van der Waals surface area (Å²) in [5.74, 6) is 0.445. The minimum absolute atomic E-state index is 0.107. The zero-order valence-corrected chi connectivity index (χ0v) is 19.9. The van der Waals surface area contributed by atoms with E-state index in [0.717, 1.165) is 11.0 Å². The number of imidazole rings is 1. The molecule has 10 nitrogen and oxygen atoms in total. The fourth-order valence-corrected chi connectivity index (χ4v) is 5.10. The number of fused-ring (bicyclic) bond motifs is 1. The molecule has 35 heavy (non-hydrogen) atoms. The maximum atomic E-state index is 13.1. The molecule has 180 valence electrons. The number of amides is 1. The maximum Gasteiger partial charge on any atom is 0.416 e. The second-order valence-corrected chi connectivity index (χ2v) is 10.3. The molecule has 1 aromatic carbocycles. The molecule has 1 amide bonds. The number of ether oxygens (including phenoxy) is 1. The molecule has 1 aliphatic heterocycles. The smallest absolute Gasteiger partial charge is 0.416 e. The van der Waals surface area contributed by atoms with Crippen LogP contribution < -0.4 is 4.90 Å². The Morgan fingerprint density at radius 2 is 2.03 bits per heavy atom. The minimum atomic E-state index is -1.14. The Bertz CT molecular complexity index is 1370. The molecule has 0 radical (unpaired) electrons. The van der Waals surface area contributed by atoms with Crippen LogP contribution in [0.2, 0.25) is 0 Å². The van der Waals surface area contributed by atoms with Gasteiger partial charge in [-0.1, -0.05) is 13.0 Å². The summed E-state index contributed by atoms with van der Waals surface area (Å²) in [5.41, 5.74) is -0.302. The van der Waals surface area contributed by atoms with Gasteiger partial charge in [-0.05, 0) is 32.4 Å². The number of aliphatic hydroxyl groups is 1. The highest BCUT2D eigenvalue weighted by Crippen LogP contribution is 2.46. The number of hydrogen-bond donors (Lipinski definition) is 1. The number of rotatable bonds is 4. The predicted octanol–water partition coefficient (Wildman–Crippen LogP) is 3.76. The van der Waals surface area contributed by atoms with Crippen molar-refractivity contribution >= 4 is 34.4 Å². The highest BCUT2D eigenvalue weighted by atomic mass is 16.6. The van der Waals surface area contributed by atoms with Crippen LogP contribution in [0.1, 0.15) is 45.7 Å². The quantitative estimate of drug-likeness (QED) is 0.573. The average Bonchev–Trinajstić information content (AvgIpc) is 3.36. The summed E-state index contributed by atoms with van der Waals surface area (Å²) in [6.07, 6.45) is 5.15. The number of carbonyl (C=O) groups is 2. The van der Waals surface area contributed by atoms with Gasteiger partial charge in [-0.3, -0.25) is 14.7 Å². The number of benzene rings is 1. The lowest BCUT2D eigenvalue weighted by Crippen LogP contribution is -2.49. The topological polar surface area (TPSA) is 115 Å². The van der Waals surface area contributed by atoms with Gasteiger partial charge in [-0.2, -0.15) is 0 Å². The molecule has 1 aliphatic carbocycles. The lowest BCUT2D eigenvalue weighted by atomic mass is 9.67. The SMILES string of the molecule is [C-]#[N+]c1ccc2ncn(C[C@]3(C)C[C@@]4(CCC3=O)CN(c3cnc(C(C)(C)O)cn3)C(=O)O4)c2c1. The van der Waals surface area contributed by atoms with Gasteiger partial charge in [-0.25, -0.2) is 19.6 Å². The van der Waals surface area contributed by atoms with E-state index in [2.05, 4.69) is 19.8 Å². The van der Waals surface area contributed by atoms with E-state index >= 15 is 0 Å². The molecule has 3 heterocycles. The van der Waals surface area contributed by atoms with Crippen molar-refractivity contribution in [2.24, 2.45) is 5.41 Å². The van der Waals surface area contributed by atoms with E-state index in [4.69, 9.17) is 11.3 Å². The van der Waals surface area contributed by atoms with E-state index in [-0.39, 0.29) is 12.3 Å². The molecule has 1 N–H and O–H groups in total. The Balaban J connectivity index is 1.40. The molecule has 1 spiro atoms. The van der Waals surface area contributed by atoms with Crippen molar-refractivity contribution in [3.63, 3.8) is 0 Å². The number of ketones is 1. The van der Waals surface area contributed by atoms with Crippen LogP contribution in [-0.4, -0.2) is 48.6 Å². The fraction of sp³-hybridized carbons (Fsp3) is 0.440. The van der Waals surface area contributed by atoms with E-state index in [1.54, 1.807) is 38.4 Å². The monoisotopic (exact) mass is 474 g/mol. The first-order valence-corrected chi connectivity index (χ1v) is 11.4. The van der Waals surface area contributed by atoms with Crippen molar-refractivity contribution in [3.05, 3.63) is 54.0 Å². The third kappa shape index (κ3) is 4.02. The molecule has 2 aliphatic rings. The zero-order valence-electron chi connectivity index (χ0n) is 19.9. The Morgan fingerprint density at radius 1 is 1.23 bits per heavy atom. The molecule has 10 heteroatoms. The lowest BCUT2D eigenvalue weighted by molar-refractivity contribution is -0.138. The first-order chi connectivity index (χ1) is 16.5. The second-order valence-electron chi connectivity index (χ2n) is 10.3. The summed E-state index contributed by atoms with van der Waals surface area (Å²) >= 11 is 0. The van der Waals surface area contributed by atoms with Gasteiger partial charge in [0, 0.05) is 24.8 Å². The molecule has 5 rings (SSSR count). The number of hydrogen-bond acceptors (Lipinski definition) is 7. The van der Waals surface area contributed by atoms with Gasteiger partial charge in [0.05, 0.1) is 48.6 Å². The van der Waals surface area contributed by atoms with E-state index in [0.29, 0.717) is 43.0 Å². The first kappa shape index (κ1) is 22.9. The van der Waals surface area contributed by atoms with Gasteiger partial charge in [0.2, 0.25) is 0 Å². The van der Waals surface area contributed by atoms with Crippen LogP contribution >= 0.6 is 0 Å². The van der Waals surface area contributed by atoms with Gasteiger partial charge in [0.1, 0.15) is 17.0 Å². The van der Waals surface area contributed by atoms with E-state index in [9.17, 15) is 14.7 Å². The van der Waals surface area contributed by atoms with Crippen molar-refractivity contribution < 1.29 is 19.4 Å². The Hall–Kier alpha value is -3.84. The molecular weight excluding hydrogens is 448 g/mol. The minimum Gasteiger partial charge on any atom is -0.441 e. The summed E-state index contributed by atoms with van der Waals surface area (Å²) in [6.45, 7) is 13.0. The summed E-state index contributed by atoms with van der Waals surface area (Å²) in [6, 6.07) is 5.29. The molecule has 2 atom stereocenters. The molecule has 0 bridgehead atoms. The third-order valence-electron chi connectivity index (χ3n) is 6.96. The number of nitrogens with zero attached hydrogens (tertiary/aromatic N) is 6. The van der Waals surface area contributed by atoms with Crippen molar-refractivity contribution in [2.75, 3.05) is 11.4 Å². The predicted molar refractivity (Wildman–Crippen MR) is 127 cm³/mol. The maximum absolute atomic E-state index is 13.1. The van der Waals surface area contributed by atoms with Crippen LogP contribution in [0.5, 0.6) is 0 Å². The molecule has 3 aromatic rings. The third-order valence-corrected chi connectivity index (χ3v) is 6.96. The summed E-state index contributed by atoms with van der Waals surface area (Å²) in [7, 11) is 0. The number of carbonyl (C=O) groups excluding carboxylic acids is 2. The van der Waals surface area contributed by atoms with Crippen LogP contribution in [0, 0.1) is 12.0 Å². The number of aromatic nitrogens is 4. The molecule has 2 aromatic heterocycles. The van der Waals surface area contributed by atoms with Gasteiger partial charge in [-0.15, -0.1) is 0 Å². The van der Waals surface area contributed by atoms with E-state index in [1.165, 1.54) is 17.3 Å². The van der Waals surface area contributed by atoms with Gasteiger partial charge in [0.15, 0.2) is 11.5 Å². The fourth-order valence-electron chi connectivity index (χ4n) is 5.10. The van der Waals surface area contributed by atoms with Gasteiger partial charge in [0.25, 0.3) is 0 Å². The van der Waals surface area contributed by atoms with Crippen molar-refractivity contribution in [2.45, 2.75) is 57.8 Å². The lowest BCUT2D eigenvalue weighted by Gasteiger charge is -2.41. The Labute approximate surface area is 202 Å².